The van der Waals surface area contributed by atoms with Crippen LogP contribution < -0.4 is 5.73 Å². The summed E-state index contributed by atoms with van der Waals surface area (Å²) >= 11 is 13.5. The summed E-state index contributed by atoms with van der Waals surface area (Å²) in [7, 11) is 0. The Morgan fingerprint density at radius 2 is 1.71 bits per heavy atom. The second-order valence-corrected chi connectivity index (χ2v) is 6.67. The zero-order valence-corrected chi connectivity index (χ0v) is 13.4. The summed E-state index contributed by atoms with van der Waals surface area (Å²) in [5, 5.41) is 2.40. The van der Waals surface area contributed by atoms with Crippen LogP contribution in [0.4, 0.5) is 0 Å². The third-order valence-corrected chi connectivity index (χ3v) is 4.72. The maximum absolute atomic E-state index is 6.20. The van der Waals surface area contributed by atoms with E-state index in [-0.39, 0.29) is 6.04 Å². The summed E-state index contributed by atoms with van der Waals surface area (Å²) in [6, 6.07) is 15.0. The summed E-state index contributed by atoms with van der Waals surface area (Å²) in [5.41, 5.74) is 7.01. The number of rotatable bonds is 4. The number of furan rings is 1. The molecule has 0 amide bonds. The van der Waals surface area contributed by atoms with E-state index in [2.05, 4.69) is 0 Å². The Balaban J connectivity index is 1.71. The van der Waals surface area contributed by atoms with Crippen LogP contribution in [0.5, 0.6) is 0 Å². The van der Waals surface area contributed by atoms with E-state index in [4.69, 9.17) is 33.4 Å². The predicted octanol–water partition coefficient (Wildman–Crippen LogP) is 5.53. The zero-order valence-electron chi connectivity index (χ0n) is 11.1. The standard InChI is InChI=1S/C16H13Cl2NOS/c17-11-1-4-13(5-2-11)21-9-14(19)16-8-10-7-12(18)3-6-15(10)20-16/h1-8,14H,9,19H2. The zero-order chi connectivity index (χ0) is 14.8. The van der Waals surface area contributed by atoms with Crippen molar-refractivity contribution in [2.24, 2.45) is 5.73 Å². The lowest BCUT2D eigenvalue weighted by atomic mass is 10.2. The van der Waals surface area contributed by atoms with Gasteiger partial charge in [0.25, 0.3) is 0 Å². The fraction of sp³-hybridized carbons (Fsp3) is 0.125. The van der Waals surface area contributed by atoms with Gasteiger partial charge in [-0.3, -0.25) is 0 Å². The fourth-order valence-electron chi connectivity index (χ4n) is 2.02. The first kappa shape index (κ1) is 14.8. The Labute approximate surface area is 137 Å². The Bertz CT molecular complexity index is 755. The molecule has 3 aromatic rings. The van der Waals surface area contributed by atoms with Gasteiger partial charge in [-0.25, -0.2) is 0 Å². The molecule has 5 heteroatoms. The SMILES string of the molecule is NC(CSc1ccc(Cl)cc1)c1cc2cc(Cl)ccc2o1. The third kappa shape index (κ3) is 3.55. The van der Waals surface area contributed by atoms with Gasteiger partial charge in [-0.2, -0.15) is 0 Å². The number of halogens is 2. The molecular weight excluding hydrogens is 325 g/mol. The van der Waals surface area contributed by atoms with Crippen LogP contribution in [0.2, 0.25) is 10.0 Å². The molecule has 1 atom stereocenters. The number of thioether (sulfide) groups is 1. The molecular formula is C16H13Cl2NOS. The van der Waals surface area contributed by atoms with Crippen molar-refractivity contribution in [1.82, 2.24) is 0 Å². The molecule has 0 aliphatic heterocycles. The summed E-state index contributed by atoms with van der Waals surface area (Å²) in [4.78, 5) is 1.13. The van der Waals surface area contributed by atoms with Crippen molar-refractivity contribution in [3.8, 4) is 0 Å². The quantitative estimate of drug-likeness (QED) is 0.636. The van der Waals surface area contributed by atoms with Crippen molar-refractivity contribution < 1.29 is 4.42 Å². The lowest BCUT2D eigenvalue weighted by Crippen LogP contribution is -2.11. The van der Waals surface area contributed by atoms with Gasteiger partial charge in [0.05, 0.1) is 6.04 Å². The average molecular weight is 338 g/mol. The van der Waals surface area contributed by atoms with E-state index in [1.807, 2.05) is 48.5 Å². The minimum absolute atomic E-state index is 0.170. The molecule has 0 aliphatic carbocycles. The Kier molecular flexibility index (Phi) is 4.45. The largest absolute Gasteiger partial charge is 0.459 e. The maximum Gasteiger partial charge on any atom is 0.134 e. The van der Waals surface area contributed by atoms with Crippen molar-refractivity contribution >= 4 is 45.9 Å². The van der Waals surface area contributed by atoms with E-state index in [9.17, 15) is 0 Å². The van der Waals surface area contributed by atoms with E-state index in [0.717, 1.165) is 32.4 Å². The Hall–Kier alpha value is -1.13. The molecule has 21 heavy (non-hydrogen) atoms. The van der Waals surface area contributed by atoms with Crippen molar-refractivity contribution in [1.29, 1.82) is 0 Å². The van der Waals surface area contributed by atoms with Gasteiger partial charge in [0, 0.05) is 26.1 Å². The molecule has 0 aliphatic rings. The smallest absolute Gasteiger partial charge is 0.134 e. The molecule has 1 aromatic heterocycles. The van der Waals surface area contributed by atoms with Crippen molar-refractivity contribution in [2.75, 3.05) is 5.75 Å². The van der Waals surface area contributed by atoms with Gasteiger partial charge in [-0.15, -0.1) is 11.8 Å². The maximum atomic E-state index is 6.20. The van der Waals surface area contributed by atoms with Gasteiger partial charge in [0.2, 0.25) is 0 Å². The van der Waals surface area contributed by atoms with Gasteiger partial charge in [-0.05, 0) is 48.5 Å². The molecule has 2 nitrogen and oxygen atoms in total. The van der Waals surface area contributed by atoms with Crippen LogP contribution in [-0.2, 0) is 0 Å². The summed E-state index contributed by atoms with van der Waals surface area (Å²) in [6.07, 6.45) is 0. The van der Waals surface area contributed by atoms with Crippen molar-refractivity contribution in [3.63, 3.8) is 0 Å². The van der Waals surface area contributed by atoms with Crippen molar-refractivity contribution in [3.05, 3.63) is 64.3 Å². The van der Waals surface area contributed by atoms with Crippen LogP contribution >= 0.6 is 35.0 Å². The van der Waals surface area contributed by atoms with Crippen LogP contribution in [0, 0.1) is 0 Å². The number of benzene rings is 2. The Morgan fingerprint density at radius 1 is 1.00 bits per heavy atom. The number of fused-ring (bicyclic) bond motifs is 1. The van der Waals surface area contributed by atoms with Gasteiger partial charge in [-0.1, -0.05) is 23.2 Å². The first-order valence-electron chi connectivity index (χ1n) is 6.45. The normalized spacial score (nSPS) is 12.7. The number of nitrogens with two attached hydrogens (primary N) is 1. The number of hydrogen-bond acceptors (Lipinski definition) is 3. The van der Waals surface area contributed by atoms with E-state index in [1.54, 1.807) is 11.8 Å². The van der Waals surface area contributed by atoms with Crippen LogP contribution in [0.15, 0.2) is 57.8 Å². The highest BCUT2D eigenvalue weighted by Crippen LogP contribution is 2.29. The second kappa shape index (κ2) is 6.32. The molecule has 0 fully saturated rings. The van der Waals surface area contributed by atoms with Crippen molar-refractivity contribution in [2.45, 2.75) is 10.9 Å². The highest BCUT2D eigenvalue weighted by Gasteiger charge is 2.13. The molecule has 2 aromatic carbocycles. The molecule has 1 unspecified atom stereocenters. The minimum atomic E-state index is -0.170. The van der Waals surface area contributed by atoms with Crippen LogP contribution in [0.3, 0.4) is 0 Å². The highest BCUT2D eigenvalue weighted by molar-refractivity contribution is 7.99. The molecule has 0 bridgehead atoms. The van der Waals surface area contributed by atoms with Gasteiger partial charge >= 0.3 is 0 Å². The van der Waals surface area contributed by atoms with Crippen LogP contribution in [-0.4, -0.2) is 5.75 Å². The van der Waals surface area contributed by atoms with E-state index in [1.165, 1.54) is 0 Å². The molecule has 0 saturated carbocycles. The first-order chi connectivity index (χ1) is 10.1. The lowest BCUT2D eigenvalue weighted by molar-refractivity contribution is 0.516. The van der Waals surface area contributed by atoms with Gasteiger partial charge in [0.1, 0.15) is 11.3 Å². The fourth-order valence-corrected chi connectivity index (χ4v) is 3.19. The number of hydrogen-bond donors (Lipinski definition) is 1. The van der Waals surface area contributed by atoms with Gasteiger partial charge < -0.3 is 10.2 Å². The Morgan fingerprint density at radius 3 is 2.48 bits per heavy atom. The van der Waals surface area contributed by atoms with E-state index in [0.29, 0.717) is 5.02 Å². The summed E-state index contributed by atoms with van der Waals surface area (Å²) < 4.78 is 5.77. The lowest BCUT2D eigenvalue weighted by Gasteiger charge is -2.08. The average Bonchev–Trinajstić information content (AvgIpc) is 2.89. The monoisotopic (exact) mass is 337 g/mol. The predicted molar refractivity (Wildman–Crippen MR) is 90.3 cm³/mol. The minimum Gasteiger partial charge on any atom is -0.459 e. The molecule has 0 spiro atoms. The molecule has 0 saturated heterocycles. The van der Waals surface area contributed by atoms with Crippen LogP contribution in [0.25, 0.3) is 11.0 Å². The van der Waals surface area contributed by atoms with Crippen LogP contribution in [0.1, 0.15) is 11.8 Å². The van der Waals surface area contributed by atoms with E-state index >= 15 is 0 Å². The van der Waals surface area contributed by atoms with E-state index < -0.39 is 0 Å². The molecule has 0 radical (unpaired) electrons. The van der Waals surface area contributed by atoms with Gasteiger partial charge in [0.15, 0.2) is 0 Å². The summed E-state index contributed by atoms with van der Waals surface area (Å²) in [5.74, 6) is 1.50. The molecule has 1 heterocycles. The third-order valence-electron chi connectivity index (χ3n) is 3.11. The first-order valence-corrected chi connectivity index (χ1v) is 8.19. The second-order valence-electron chi connectivity index (χ2n) is 4.70. The molecule has 2 N–H and O–H groups in total. The highest BCUT2D eigenvalue weighted by atomic mass is 35.5. The summed E-state index contributed by atoms with van der Waals surface area (Å²) in [6.45, 7) is 0. The molecule has 3 rings (SSSR count). The topological polar surface area (TPSA) is 39.2 Å². The molecule has 108 valence electrons.